The van der Waals surface area contributed by atoms with Crippen LogP contribution in [0.4, 0.5) is 0 Å². The van der Waals surface area contributed by atoms with Gasteiger partial charge < -0.3 is 4.74 Å². The summed E-state index contributed by atoms with van der Waals surface area (Å²) in [5.41, 5.74) is 2.07. The maximum Gasteiger partial charge on any atom is 0.302 e. The fourth-order valence-corrected chi connectivity index (χ4v) is 4.20. The third kappa shape index (κ3) is 2.88. The van der Waals surface area contributed by atoms with Crippen LogP contribution in [0.5, 0.6) is 5.75 Å². The molecule has 0 atom stereocenters. The molecular formula is C18H13N3O2S2. The Hall–Kier alpha value is -2.77. The molecule has 0 aliphatic rings. The molecule has 0 radical (unpaired) electrons. The minimum Gasteiger partial charge on any atom is -0.490 e. The number of methoxy groups -OCH3 is 1. The van der Waals surface area contributed by atoms with Gasteiger partial charge in [0.25, 0.3) is 0 Å². The van der Waals surface area contributed by atoms with Gasteiger partial charge in [-0.3, -0.25) is 9.78 Å². The van der Waals surface area contributed by atoms with E-state index in [2.05, 4.69) is 9.97 Å². The van der Waals surface area contributed by atoms with Gasteiger partial charge in [-0.05, 0) is 29.2 Å². The van der Waals surface area contributed by atoms with Gasteiger partial charge in [0.1, 0.15) is 5.69 Å². The van der Waals surface area contributed by atoms with Crippen molar-refractivity contribution in [2.24, 2.45) is 0 Å². The standard InChI is InChI=1S/C18H13N3O2S2/c1-23-16-13(7-6-12-4-2-8-19-10-12)20-18-21(17(16)22)14(11-25-18)15-5-3-9-24-15/h2-11H,1H3/b7-6+. The Balaban J connectivity index is 1.87. The first-order valence-corrected chi connectivity index (χ1v) is 9.24. The third-order valence-electron chi connectivity index (χ3n) is 3.65. The molecule has 7 heteroatoms. The van der Waals surface area contributed by atoms with Gasteiger partial charge in [-0.25, -0.2) is 9.38 Å². The second-order valence-corrected chi connectivity index (χ2v) is 6.96. The number of pyridine rings is 1. The molecular weight excluding hydrogens is 354 g/mol. The molecule has 0 aliphatic heterocycles. The number of ether oxygens (including phenoxy) is 1. The van der Waals surface area contributed by atoms with Crippen LogP contribution in [0.2, 0.25) is 0 Å². The van der Waals surface area contributed by atoms with Gasteiger partial charge in [-0.15, -0.1) is 22.7 Å². The van der Waals surface area contributed by atoms with Gasteiger partial charge in [0.15, 0.2) is 4.96 Å². The number of fused-ring (bicyclic) bond motifs is 1. The van der Waals surface area contributed by atoms with E-state index >= 15 is 0 Å². The first kappa shape index (κ1) is 15.7. The number of hydrogen-bond donors (Lipinski definition) is 0. The van der Waals surface area contributed by atoms with E-state index in [-0.39, 0.29) is 11.3 Å². The van der Waals surface area contributed by atoms with Crippen LogP contribution in [0.3, 0.4) is 0 Å². The molecule has 25 heavy (non-hydrogen) atoms. The van der Waals surface area contributed by atoms with Gasteiger partial charge in [-0.2, -0.15) is 0 Å². The summed E-state index contributed by atoms with van der Waals surface area (Å²) >= 11 is 3.02. The fourth-order valence-electron chi connectivity index (χ4n) is 2.50. The van der Waals surface area contributed by atoms with Crippen molar-refractivity contribution in [1.82, 2.24) is 14.4 Å². The highest BCUT2D eigenvalue weighted by Gasteiger charge is 2.16. The van der Waals surface area contributed by atoms with E-state index < -0.39 is 0 Å². The Bertz CT molecular complexity index is 1100. The summed E-state index contributed by atoms with van der Waals surface area (Å²) in [7, 11) is 1.49. The van der Waals surface area contributed by atoms with Crippen molar-refractivity contribution in [3.05, 3.63) is 69.0 Å². The minimum atomic E-state index is -0.206. The predicted molar refractivity (Wildman–Crippen MR) is 102 cm³/mol. The fraction of sp³-hybridized carbons (Fsp3) is 0.0556. The first-order valence-electron chi connectivity index (χ1n) is 7.48. The van der Waals surface area contributed by atoms with E-state index in [1.807, 2.05) is 41.1 Å². The molecule has 0 N–H and O–H groups in total. The lowest BCUT2D eigenvalue weighted by molar-refractivity contribution is 0.404. The number of thiophene rings is 1. The van der Waals surface area contributed by atoms with E-state index in [1.165, 1.54) is 18.4 Å². The SMILES string of the molecule is COc1c(/C=C/c2cccnc2)nc2scc(-c3cccs3)n2c1=O. The van der Waals surface area contributed by atoms with Gasteiger partial charge in [0.2, 0.25) is 5.75 Å². The first-order chi connectivity index (χ1) is 12.3. The van der Waals surface area contributed by atoms with Crippen LogP contribution in [0.1, 0.15) is 11.3 Å². The molecule has 0 unspecified atom stereocenters. The number of thiazole rings is 1. The summed E-state index contributed by atoms with van der Waals surface area (Å²) in [6.45, 7) is 0. The summed E-state index contributed by atoms with van der Waals surface area (Å²) in [6, 6.07) is 7.74. The molecule has 5 nitrogen and oxygen atoms in total. The van der Waals surface area contributed by atoms with Crippen molar-refractivity contribution in [1.29, 1.82) is 0 Å². The lowest BCUT2D eigenvalue weighted by atomic mass is 10.2. The van der Waals surface area contributed by atoms with Crippen molar-refractivity contribution in [2.75, 3.05) is 7.11 Å². The van der Waals surface area contributed by atoms with Crippen LogP contribution in [-0.4, -0.2) is 21.5 Å². The maximum absolute atomic E-state index is 12.9. The van der Waals surface area contributed by atoms with Crippen LogP contribution in [0.15, 0.2) is 52.2 Å². The van der Waals surface area contributed by atoms with E-state index in [4.69, 9.17) is 4.74 Å². The van der Waals surface area contributed by atoms with Crippen LogP contribution in [0, 0.1) is 0 Å². The Labute approximate surface area is 151 Å². The largest absolute Gasteiger partial charge is 0.490 e. The third-order valence-corrected chi connectivity index (χ3v) is 5.37. The zero-order valence-electron chi connectivity index (χ0n) is 13.2. The van der Waals surface area contributed by atoms with Crippen molar-refractivity contribution in [3.63, 3.8) is 0 Å². The highest BCUT2D eigenvalue weighted by molar-refractivity contribution is 7.16. The quantitative estimate of drug-likeness (QED) is 0.546. The normalized spacial score (nSPS) is 11.4. The van der Waals surface area contributed by atoms with E-state index in [0.717, 1.165) is 16.1 Å². The second kappa shape index (κ2) is 6.62. The van der Waals surface area contributed by atoms with E-state index in [0.29, 0.717) is 10.7 Å². The lowest BCUT2D eigenvalue weighted by Crippen LogP contribution is -2.17. The molecule has 4 aromatic heterocycles. The van der Waals surface area contributed by atoms with Crippen molar-refractivity contribution in [3.8, 4) is 16.3 Å². The Kier molecular flexibility index (Phi) is 4.17. The van der Waals surface area contributed by atoms with Gasteiger partial charge in [-0.1, -0.05) is 18.2 Å². The molecule has 0 aromatic carbocycles. The molecule has 0 amide bonds. The van der Waals surface area contributed by atoms with Gasteiger partial charge in [0, 0.05) is 17.8 Å². The highest BCUT2D eigenvalue weighted by Crippen LogP contribution is 2.29. The molecule has 0 fully saturated rings. The number of hydrogen-bond acceptors (Lipinski definition) is 6. The molecule has 124 valence electrons. The molecule has 0 saturated heterocycles. The molecule has 0 spiro atoms. The monoisotopic (exact) mass is 367 g/mol. The molecule has 4 heterocycles. The number of nitrogens with zero attached hydrogens (tertiary/aromatic N) is 3. The second-order valence-electron chi connectivity index (χ2n) is 5.17. The zero-order chi connectivity index (χ0) is 17.2. The van der Waals surface area contributed by atoms with Crippen molar-refractivity contribution in [2.45, 2.75) is 0 Å². The average molecular weight is 367 g/mol. The summed E-state index contributed by atoms with van der Waals surface area (Å²) < 4.78 is 6.97. The molecule has 4 rings (SSSR count). The Morgan fingerprint density at radius 3 is 2.84 bits per heavy atom. The van der Waals surface area contributed by atoms with E-state index in [1.54, 1.807) is 34.2 Å². The summed E-state index contributed by atoms with van der Waals surface area (Å²) in [4.78, 5) is 23.3. The lowest BCUT2D eigenvalue weighted by Gasteiger charge is -2.06. The summed E-state index contributed by atoms with van der Waals surface area (Å²) in [5, 5.41) is 3.93. The summed E-state index contributed by atoms with van der Waals surface area (Å²) in [6.07, 6.45) is 7.10. The molecule has 4 aromatic rings. The highest BCUT2D eigenvalue weighted by atomic mass is 32.1. The zero-order valence-corrected chi connectivity index (χ0v) is 14.9. The number of rotatable bonds is 4. The van der Waals surface area contributed by atoms with Crippen LogP contribution in [-0.2, 0) is 0 Å². The van der Waals surface area contributed by atoms with Crippen LogP contribution in [0.25, 0.3) is 27.7 Å². The predicted octanol–water partition coefficient (Wildman–Crippen LogP) is 4.06. The molecule has 0 aliphatic carbocycles. The topological polar surface area (TPSA) is 56.5 Å². The Morgan fingerprint density at radius 2 is 2.12 bits per heavy atom. The average Bonchev–Trinajstić information content (AvgIpc) is 3.30. The number of aromatic nitrogens is 3. The summed E-state index contributed by atoms with van der Waals surface area (Å²) in [5.74, 6) is 0.230. The van der Waals surface area contributed by atoms with Crippen molar-refractivity contribution >= 4 is 39.8 Å². The van der Waals surface area contributed by atoms with Crippen LogP contribution >= 0.6 is 22.7 Å². The van der Waals surface area contributed by atoms with Gasteiger partial charge in [0.05, 0.1) is 17.7 Å². The Morgan fingerprint density at radius 1 is 1.20 bits per heavy atom. The van der Waals surface area contributed by atoms with Crippen LogP contribution < -0.4 is 10.3 Å². The molecule has 0 saturated carbocycles. The van der Waals surface area contributed by atoms with Gasteiger partial charge >= 0.3 is 5.56 Å². The maximum atomic E-state index is 12.9. The minimum absolute atomic E-state index is 0.206. The van der Waals surface area contributed by atoms with Crippen molar-refractivity contribution < 1.29 is 4.74 Å². The molecule has 0 bridgehead atoms. The smallest absolute Gasteiger partial charge is 0.302 e. The van der Waals surface area contributed by atoms with E-state index in [9.17, 15) is 4.79 Å².